The molecule has 0 saturated heterocycles. The number of nitrogens with one attached hydrogen (secondary N) is 1. The third-order valence-electron chi connectivity index (χ3n) is 3.54. The summed E-state index contributed by atoms with van der Waals surface area (Å²) in [4.78, 5) is 1.33. The second kappa shape index (κ2) is 5.98. The molecule has 1 aliphatic rings. The van der Waals surface area contributed by atoms with E-state index in [-0.39, 0.29) is 5.54 Å². The molecule has 2 rings (SSSR count). The Hall–Kier alpha value is -0.980. The largest absolute Gasteiger partial charge is 0.297 e. The molecule has 1 aliphatic carbocycles. The zero-order valence-electron chi connectivity index (χ0n) is 12.0. The van der Waals surface area contributed by atoms with Gasteiger partial charge in [-0.05, 0) is 51.7 Å². The van der Waals surface area contributed by atoms with Crippen molar-refractivity contribution in [3.8, 4) is 6.07 Å². The van der Waals surface area contributed by atoms with Crippen molar-refractivity contribution >= 4 is 11.8 Å². The summed E-state index contributed by atoms with van der Waals surface area (Å²) in [5, 5.41) is 12.8. The van der Waals surface area contributed by atoms with E-state index in [2.05, 4.69) is 43.4 Å². The summed E-state index contributed by atoms with van der Waals surface area (Å²) in [6.07, 6.45) is 3.33. The van der Waals surface area contributed by atoms with Crippen LogP contribution in [0.5, 0.6) is 0 Å². The van der Waals surface area contributed by atoms with Gasteiger partial charge in [-0.25, -0.2) is 0 Å². The minimum atomic E-state index is -0.368. The van der Waals surface area contributed by atoms with Crippen LogP contribution in [0.15, 0.2) is 23.1 Å². The summed E-state index contributed by atoms with van der Waals surface area (Å²) in [7, 11) is 0. The van der Waals surface area contributed by atoms with Gasteiger partial charge in [-0.3, -0.25) is 5.32 Å². The fraction of sp³-hybridized carbons (Fsp3) is 0.562. The number of thioether (sulfide) groups is 1. The highest BCUT2D eigenvalue weighted by Gasteiger charge is 2.32. The summed E-state index contributed by atoms with van der Waals surface area (Å²) < 4.78 is 0. The lowest BCUT2D eigenvalue weighted by Crippen LogP contribution is -2.42. The van der Waals surface area contributed by atoms with Crippen molar-refractivity contribution in [1.29, 1.82) is 5.26 Å². The van der Waals surface area contributed by atoms with Crippen molar-refractivity contribution in [3.63, 3.8) is 0 Å². The first-order valence-electron chi connectivity index (χ1n) is 6.91. The van der Waals surface area contributed by atoms with Crippen LogP contribution in [-0.2, 0) is 0 Å². The normalized spacial score (nSPS) is 17.8. The van der Waals surface area contributed by atoms with Gasteiger partial charge < -0.3 is 0 Å². The first-order valence-corrected chi connectivity index (χ1v) is 7.90. The molecule has 1 saturated carbocycles. The first kappa shape index (κ1) is 14.4. The van der Waals surface area contributed by atoms with E-state index >= 15 is 0 Å². The molecule has 19 heavy (non-hydrogen) atoms. The Morgan fingerprint density at radius 2 is 2.16 bits per heavy atom. The van der Waals surface area contributed by atoms with E-state index in [4.69, 9.17) is 0 Å². The van der Waals surface area contributed by atoms with Crippen molar-refractivity contribution < 1.29 is 0 Å². The molecule has 1 unspecified atom stereocenters. The van der Waals surface area contributed by atoms with Crippen LogP contribution in [-0.4, -0.2) is 17.3 Å². The van der Waals surface area contributed by atoms with Crippen LogP contribution in [0.1, 0.15) is 37.3 Å². The van der Waals surface area contributed by atoms with E-state index < -0.39 is 0 Å². The maximum Gasteiger partial charge on any atom is 0.104 e. The quantitative estimate of drug-likeness (QED) is 0.801. The Bertz CT molecular complexity index is 488. The molecule has 0 aliphatic heterocycles. The topological polar surface area (TPSA) is 35.8 Å². The molecule has 1 N–H and O–H groups in total. The zero-order valence-corrected chi connectivity index (χ0v) is 12.8. The summed E-state index contributed by atoms with van der Waals surface area (Å²) in [6, 6.07) is 9.57. The van der Waals surface area contributed by atoms with Crippen molar-refractivity contribution in [3.05, 3.63) is 29.3 Å². The van der Waals surface area contributed by atoms with Crippen LogP contribution in [0.25, 0.3) is 0 Å². The van der Waals surface area contributed by atoms with E-state index in [0.29, 0.717) is 6.04 Å². The smallest absolute Gasteiger partial charge is 0.104 e. The highest BCUT2D eigenvalue weighted by Crippen LogP contribution is 2.28. The van der Waals surface area contributed by atoms with Crippen LogP contribution in [0.2, 0.25) is 0 Å². The van der Waals surface area contributed by atoms with Gasteiger partial charge in [-0.2, -0.15) is 5.26 Å². The Kier molecular flexibility index (Phi) is 4.54. The second-order valence-electron chi connectivity index (χ2n) is 5.73. The fourth-order valence-electron chi connectivity index (χ4n) is 2.16. The number of nitrogens with zero attached hydrogens (tertiary/aromatic N) is 1. The molecule has 0 amide bonds. The van der Waals surface area contributed by atoms with Gasteiger partial charge in [0.05, 0.1) is 6.07 Å². The molecule has 0 bridgehead atoms. The molecule has 0 heterocycles. The van der Waals surface area contributed by atoms with Gasteiger partial charge >= 0.3 is 0 Å². The predicted octanol–water partition coefficient (Wildman–Crippen LogP) is 3.82. The standard InChI is InChI=1S/C16H22N2S/c1-12-4-7-15(13(2)10-12)19-9-8-16(3,11-17)18-14-5-6-14/h4,7,10,14,18H,5-6,8-9H2,1-3H3. The first-order chi connectivity index (χ1) is 9.02. The molecule has 1 aromatic carbocycles. The molecular formula is C16H22N2S. The molecule has 0 aromatic heterocycles. The molecule has 102 valence electrons. The second-order valence-corrected chi connectivity index (χ2v) is 6.87. The maximum atomic E-state index is 9.33. The molecular weight excluding hydrogens is 252 g/mol. The minimum Gasteiger partial charge on any atom is -0.297 e. The van der Waals surface area contributed by atoms with Crippen molar-refractivity contribution in [2.75, 3.05) is 5.75 Å². The molecule has 2 nitrogen and oxygen atoms in total. The van der Waals surface area contributed by atoms with Gasteiger partial charge in [0.25, 0.3) is 0 Å². The van der Waals surface area contributed by atoms with Crippen LogP contribution >= 0.6 is 11.8 Å². The van der Waals surface area contributed by atoms with Gasteiger partial charge in [-0.1, -0.05) is 17.7 Å². The zero-order chi connectivity index (χ0) is 13.9. The van der Waals surface area contributed by atoms with E-state index in [9.17, 15) is 5.26 Å². The number of rotatable bonds is 6. The van der Waals surface area contributed by atoms with Crippen molar-refractivity contribution in [2.24, 2.45) is 0 Å². The van der Waals surface area contributed by atoms with Gasteiger partial charge in [0, 0.05) is 16.7 Å². The minimum absolute atomic E-state index is 0.368. The molecule has 3 heteroatoms. The van der Waals surface area contributed by atoms with Gasteiger partial charge in [0.1, 0.15) is 5.54 Å². The Morgan fingerprint density at radius 1 is 1.42 bits per heavy atom. The summed E-state index contributed by atoms with van der Waals surface area (Å²) in [6.45, 7) is 6.29. The number of nitriles is 1. The number of benzene rings is 1. The van der Waals surface area contributed by atoms with E-state index in [0.717, 1.165) is 12.2 Å². The Morgan fingerprint density at radius 3 is 2.74 bits per heavy atom. The molecule has 1 aromatic rings. The molecule has 0 radical (unpaired) electrons. The van der Waals surface area contributed by atoms with Gasteiger partial charge in [-0.15, -0.1) is 11.8 Å². The average Bonchev–Trinajstić information content (AvgIpc) is 3.16. The third-order valence-corrected chi connectivity index (χ3v) is 4.71. The maximum absolute atomic E-state index is 9.33. The Labute approximate surface area is 120 Å². The van der Waals surface area contributed by atoms with E-state index in [1.54, 1.807) is 0 Å². The monoisotopic (exact) mass is 274 g/mol. The SMILES string of the molecule is Cc1ccc(SCCC(C)(C#N)NC2CC2)c(C)c1. The average molecular weight is 274 g/mol. The number of aryl methyl sites for hydroxylation is 2. The molecule has 0 spiro atoms. The van der Waals surface area contributed by atoms with Crippen molar-refractivity contribution in [1.82, 2.24) is 5.32 Å². The van der Waals surface area contributed by atoms with E-state index in [1.165, 1.54) is 28.9 Å². The van der Waals surface area contributed by atoms with Gasteiger partial charge in [0.15, 0.2) is 0 Å². The molecule has 1 fully saturated rings. The highest BCUT2D eigenvalue weighted by atomic mass is 32.2. The summed E-state index contributed by atoms with van der Waals surface area (Å²) >= 11 is 1.85. The number of hydrogen-bond donors (Lipinski definition) is 1. The summed E-state index contributed by atoms with van der Waals surface area (Å²) in [5.41, 5.74) is 2.27. The lowest BCUT2D eigenvalue weighted by molar-refractivity contribution is 0.434. The lowest BCUT2D eigenvalue weighted by atomic mass is 10.0. The van der Waals surface area contributed by atoms with Crippen LogP contribution in [0.3, 0.4) is 0 Å². The Balaban J connectivity index is 1.86. The van der Waals surface area contributed by atoms with E-state index in [1.807, 2.05) is 18.7 Å². The molecule has 1 atom stereocenters. The van der Waals surface area contributed by atoms with Crippen LogP contribution in [0, 0.1) is 25.2 Å². The third kappa shape index (κ3) is 4.26. The fourth-order valence-corrected chi connectivity index (χ4v) is 3.35. The highest BCUT2D eigenvalue weighted by molar-refractivity contribution is 7.99. The van der Waals surface area contributed by atoms with Crippen LogP contribution < -0.4 is 5.32 Å². The number of hydrogen-bond acceptors (Lipinski definition) is 3. The lowest BCUT2D eigenvalue weighted by Gasteiger charge is -2.23. The van der Waals surface area contributed by atoms with Crippen LogP contribution in [0.4, 0.5) is 0 Å². The van der Waals surface area contributed by atoms with Gasteiger partial charge in [0.2, 0.25) is 0 Å². The van der Waals surface area contributed by atoms with Crippen molar-refractivity contribution in [2.45, 2.75) is 56.5 Å². The summed E-state index contributed by atoms with van der Waals surface area (Å²) in [5.74, 6) is 0.980. The predicted molar refractivity (Wildman–Crippen MR) is 81.4 cm³/mol.